The smallest absolute Gasteiger partial charge is 0.184 e. The van der Waals surface area contributed by atoms with Crippen LogP contribution in [0.3, 0.4) is 0 Å². The van der Waals surface area contributed by atoms with E-state index in [0.717, 1.165) is 5.52 Å². The molecule has 1 N–H and O–H groups in total. The fourth-order valence-corrected chi connectivity index (χ4v) is 2.48. The van der Waals surface area contributed by atoms with Gasteiger partial charge in [-0.15, -0.1) is 0 Å². The Morgan fingerprint density at radius 1 is 1.37 bits per heavy atom. The zero-order valence-electron chi connectivity index (χ0n) is 9.59. The summed E-state index contributed by atoms with van der Waals surface area (Å²) in [5.74, 6) is 0. The molecule has 6 heteroatoms. The van der Waals surface area contributed by atoms with Crippen molar-refractivity contribution < 1.29 is 0 Å². The van der Waals surface area contributed by atoms with Crippen molar-refractivity contribution in [2.75, 3.05) is 0 Å². The molecule has 0 atom stereocenters. The molecular formula is C13H7ClN4S. The molecule has 2 aromatic heterocycles. The van der Waals surface area contributed by atoms with Gasteiger partial charge in [-0.1, -0.05) is 11.6 Å². The number of hydrogen-bond acceptors (Lipinski definition) is 3. The topological polar surface area (TPSA) is 57.4 Å². The number of rotatable bonds is 1. The first-order chi connectivity index (χ1) is 9.20. The van der Waals surface area contributed by atoms with E-state index < -0.39 is 0 Å². The van der Waals surface area contributed by atoms with Gasteiger partial charge in [0.1, 0.15) is 0 Å². The first kappa shape index (κ1) is 11.9. The lowest BCUT2D eigenvalue weighted by molar-refractivity contribution is 1.04. The van der Waals surface area contributed by atoms with Crippen LogP contribution in [0.5, 0.6) is 0 Å². The summed E-state index contributed by atoms with van der Waals surface area (Å²) >= 11 is 11.5. The van der Waals surface area contributed by atoms with E-state index in [2.05, 4.69) is 9.97 Å². The van der Waals surface area contributed by atoms with Crippen LogP contribution in [0, 0.1) is 16.1 Å². The van der Waals surface area contributed by atoms with Crippen LogP contribution >= 0.6 is 23.8 Å². The molecule has 0 amide bonds. The predicted octanol–water partition coefficient (Wildman–Crippen LogP) is 3.61. The SMILES string of the molecule is N#Cc1ccc(-n2c(=S)[nH]c3cccnc32)c(Cl)c1. The van der Waals surface area contributed by atoms with Gasteiger partial charge in [-0.2, -0.15) is 5.26 Å². The van der Waals surface area contributed by atoms with Crippen molar-refractivity contribution in [1.29, 1.82) is 5.26 Å². The van der Waals surface area contributed by atoms with E-state index in [1.807, 2.05) is 18.2 Å². The highest BCUT2D eigenvalue weighted by atomic mass is 35.5. The second-order valence-electron chi connectivity index (χ2n) is 3.92. The highest BCUT2D eigenvalue weighted by Crippen LogP contribution is 2.25. The van der Waals surface area contributed by atoms with E-state index in [0.29, 0.717) is 26.7 Å². The molecule has 0 fully saturated rings. The minimum Gasteiger partial charge on any atom is -0.329 e. The van der Waals surface area contributed by atoms with Gasteiger partial charge >= 0.3 is 0 Å². The summed E-state index contributed by atoms with van der Waals surface area (Å²) in [6.45, 7) is 0. The molecule has 0 radical (unpaired) electrons. The van der Waals surface area contributed by atoms with Gasteiger partial charge in [0.15, 0.2) is 10.4 Å². The summed E-state index contributed by atoms with van der Waals surface area (Å²) < 4.78 is 2.27. The number of pyridine rings is 1. The number of hydrogen-bond donors (Lipinski definition) is 1. The number of nitriles is 1. The molecule has 0 aliphatic rings. The average Bonchev–Trinajstić information content (AvgIpc) is 2.75. The van der Waals surface area contributed by atoms with Gasteiger partial charge in [-0.25, -0.2) is 4.98 Å². The Balaban J connectivity index is 2.34. The summed E-state index contributed by atoms with van der Waals surface area (Å²) in [4.78, 5) is 7.38. The van der Waals surface area contributed by atoms with Crippen molar-refractivity contribution in [3.8, 4) is 11.8 Å². The van der Waals surface area contributed by atoms with E-state index in [9.17, 15) is 0 Å². The number of nitrogens with zero attached hydrogens (tertiary/aromatic N) is 3. The molecule has 2 heterocycles. The fraction of sp³-hybridized carbons (Fsp3) is 0. The van der Waals surface area contributed by atoms with E-state index in [1.54, 1.807) is 29.0 Å². The van der Waals surface area contributed by atoms with E-state index in [1.165, 1.54) is 0 Å². The maximum Gasteiger partial charge on any atom is 0.184 e. The number of imidazole rings is 1. The Labute approximate surface area is 118 Å². The Morgan fingerprint density at radius 2 is 2.21 bits per heavy atom. The molecule has 19 heavy (non-hydrogen) atoms. The summed E-state index contributed by atoms with van der Waals surface area (Å²) in [5.41, 5.74) is 2.76. The molecular weight excluding hydrogens is 280 g/mol. The molecule has 0 aliphatic heterocycles. The zero-order chi connectivity index (χ0) is 13.4. The normalized spacial score (nSPS) is 10.5. The van der Waals surface area contributed by atoms with Gasteiger partial charge in [0, 0.05) is 6.20 Å². The van der Waals surface area contributed by atoms with Crippen molar-refractivity contribution >= 4 is 35.0 Å². The minimum absolute atomic E-state index is 0.460. The van der Waals surface area contributed by atoms with Crippen LogP contribution in [0.4, 0.5) is 0 Å². The van der Waals surface area contributed by atoms with Gasteiger partial charge in [-0.05, 0) is 42.5 Å². The van der Waals surface area contributed by atoms with Crippen LogP contribution in [0.1, 0.15) is 5.56 Å². The lowest BCUT2D eigenvalue weighted by Gasteiger charge is -2.06. The van der Waals surface area contributed by atoms with Crippen molar-refractivity contribution in [3.05, 3.63) is 51.9 Å². The van der Waals surface area contributed by atoms with Crippen molar-refractivity contribution in [2.45, 2.75) is 0 Å². The Hall–Kier alpha value is -2.16. The number of fused-ring (bicyclic) bond motifs is 1. The predicted molar refractivity (Wildman–Crippen MR) is 76.0 cm³/mol. The highest BCUT2D eigenvalue weighted by Gasteiger charge is 2.10. The molecule has 0 aliphatic carbocycles. The number of H-pyrrole nitrogens is 1. The number of halogens is 1. The van der Waals surface area contributed by atoms with Crippen LogP contribution in [-0.2, 0) is 0 Å². The molecule has 1 aromatic carbocycles. The van der Waals surface area contributed by atoms with Crippen LogP contribution < -0.4 is 0 Å². The van der Waals surface area contributed by atoms with E-state index in [-0.39, 0.29) is 0 Å². The fourth-order valence-electron chi connectivity index (χ4n) is 1.92. The quantitative estimate of drug-likeness (QED) is 0.695. The third-order valence-corrected chi connectivity index (χ3v) is 3.35. The maximum absolute atomic E-state index is 8.86. The maximum atomic E-state index is 8.86. The van der Waals surface area contributed by atoms with Gasteiger partial charge in [0.05, 0.1) is 27.9 Å². The third kappa shape index (κ3) is 1.91. The monoisotopic (exact) mass is 286 g/mol. The Bertz CT molecular complexity index is 872. The number of nitrogens with one attached hydrogen (secondary N) is 1. The zero-order valence-corrected chi connectivity index (χ0v) is 11.2. The summed E-state index contributed by atoms with van der Waals surface area (Å²) in [6, 6.07) is 10.8. The lowest BCUT2D eigenvalue weighted by Crippen LogP contribution is -1.96. The second-order valence-corrected chi connectivity index (χ2v) is 4.71. The molecule has 0 saturated heterocycles. The molecule has 92 valence electrons. The molecule has 0 unspecified atom stereocenters. The molecule has 3 aromatic rings. The molecule has 0 bridgehead atoms. The second kappa shape index (κ2) is 4.50. The van der Waals surface area contributed by atoms with Crippen molar-refractivity contribution in [2.24, 2.45) is 0 Å². The van der Waals surface area contributed by atoms with Crippen LogP contribution in [0.2, 0.25) is 5.02 Å². The number of aromatic nitrogens is 3. The summed E-state index contributed by atoms with van der Waals surface area (Å²) in [6.07, 6.45) is 1.69. The van der Waals surface area contributed by atoms with Crippen LogP contribution in [-0.4, -0.2) is 14.5 Å². The van der Waals surface area contributed by atoms with Crippen molar-refractivity contribution in [3.63, 3.8) is 0 Å². The molecule has 0 saturated carbocycles. The minimum atomic E-state index is 0.460. The van der Waals surface area contributed by atoms with E-state index in [4.69, 9.17) is 29.1 Å². The van der Waals surface area contributed by atoms with Gasteiger partial charge in [-0.3, -0.25) is 4.57 Å². The van der Waals surface area contributed by atoms with Gasteiger partial charge < -0.3 is 4.98 Å². The Kier molecular flexibility index (Phi) is 2.82. The summed E-state index contributed by atoms with van der Waals surface area (Å²) in [5, 5.41) is 9.32. The lowest BCUT2D eigenvalue weighted by atomic mass is 10.2. The first-order valence-corrected chi connectivity index (χ1v) is 6.25. The Morgan fingerprint density at radius 3 is 2.95 bits per heavy atom. The number of benzene rings is 1. The summed E-state index contributed by atoms with van der Waals surface area (Å²) in [7, 11) is 0. The molecule has 4 nitrogen and oxygen atoms in total. The van der Waals surface area contributed by atoms with E-state index >= 15 is 0 Å². The largest absolute Gasteiger partial charge is 0.329 e. The first-order valence-electron chi connectivity index (χ1n) is 5.46. The number of aromatic amines is 1. The van der Waals surface area contributed by atoms with Gasteiger partial charge in [0.2, 0.25) is 0 Å². The van der Waals surface area contributed by atoms with Crippen LogP contribution in [0.15, 0.2) is 36.5 Å². The standard InChI is InChI=1S/C13H7ClN4S/c14-9-6-8(7-15)3-4-11(9)18-12-10(17-13(18)19)2-1-5-16-12/h1-6H,(H,17,19). The molecule has 3 rings (SSSR count). The molecule has 0 spiro atoms. The van der Waals surface area contributed by atoms with Gasteiger partial charge in [0.25, 0.3) is 0 Å². The average molecular weight is 287 g/mol. The van der Waals surface area contributed by atoms with Crippen LogP contribution in [0.25, 0.3) is 16.9 Å². The highest BCUT2D eigenvalue weighted by molar-refractivity contribution is 7.71. The third-order valence-electron chi connectivity index (χ3n) is 2.76. The van der Waals surface area contributed by atoms with Crippen molar-refractivity contribution in [1.82, 2.24) is 14.5 Å².